The lowest BCUT2D eigenvalue weighted by Gasteiger charge is -2.06. The van der Waals surface area contributed by atoms with Crippen LogP contribution in [0, 0.1) is 0 Å². The van der Waals surface area contributed by atoms with Gasteiger partial charge in [-0.15, -0.1) is 0 Å². The summed E-state index contributed by atoms with van der Waals surface area (Å²) in [4.78, 5) is 6.65. The van der Waals surface area contributed by atoms with Gasteiger partial charge in [0, 0.05) is 0 Å². The number of aromatic nitrogens is 2. The van der Waals surface area contributed by atoms with Crippen LogP contribution in [-0.4, -0.2) is 15.1 Å². The number of nitrogens with one attached hydrogen (secondary N) is 1. The number of benzene rings is 1. The first kappa shape index (κ1) is 11.7. The zero-order valence-electron chi connectivity index (χ0n) is 8.62. The van der Waals surface area contributed by atoms with Crippen molar-refractivity contribution in [3.8, 4) is 11.3 Å². The van der Waals surface area contributed by atoms with Gasteiger partial charge in [-0.05, 0) is 17.7 Å². The second-order valence-electron chi connectivity index (χ2n) is 3.48. The highest BCUT2D eigenvalue weighted by atomic mass is 19.4. The van der Waals surface area contributed by atoms with E-state index in [2.05, 4.69) is 9.97 Å². The van der Waals surface area contributed by atoms with E-state index in [0.717, 1.165) is 12.1 Å². The van der Waals surface area contributed by atoms with Crippen LogP contribution < -0.4 is 0 Å². The summed E-state index contributed by atoms with van der Waals surface area (Å²) in [7, 11) is 0. The Bertz CT molecular complexity index is 502. The highest BCUT2D eigenvalue weighted by Gasteiger charge is 2.29. The average molecular weight is 242 g/mol. The molecule has 0 radical (unpaired) electrons. The van der Waals surface area contributed by atoms with Gasteiger partial charge in [0.1, 0.15) is 12.4 Å². The molecule has 0 atom stereocenters. The van der Waals surface area contributed by atoms with Crippen LogP contribution in [0.5, 0.6) is 0 Å². The quantitative estimate of drug-likeness (QED) is 0.850. The second kappa shape index (κ2) is 4.21. The summed E-state index contributed by atoms with van der Waals surface area (Å²) in [5, 5.41) is 8.81. The summed E-state index contributed by atoms with van der Waals surface area (Å²) in [5.74, 6) is 0.375. The molecule has 1 heterocycles. The molecular weight excluding hydrogens is 233 g/mol. The molecule has 0 unspecified atom stereocenters. The molecule has 90 valence electrons. The van der Waals surface area contributed by atoms with Crippen LogP contribution in [0.15, 0.2) is 30.5 Å². The van der Waals surface area contributed by atoms with E-state index in [1.54, 1.807) is 0 Å². The Labute approximate surface area is 94.9 Å². The largest absolute Gasteiger partial charge is 0.416 e. The van der Waals surface area contributed by atoms with Crippen molar-refractivity contribution in [3.63, 3.8) is 0 Å². The molecular formula is C11H9F3N2O. The van der Waals surface area contributed by atoms with E-state index in [1.165, 1.54) is 18.3 Å². The molecule has 1 aromatic carbocycles. The number of aliphatic hydroxyl groups is 1. The molecule has 6 heteroatoms. The van der Waals surface area contributed by atoms with Gasteiger partial charge < -0.3 is 10.1 Å². The number of rotatable bonds is 2. The summed E-state index contributed by atoms with van der Waals surface area (Å²) >= 11 is 0. The minimum atomic E-state index is -4.33. The molecule has 0 aliphatic rings. The van der Waals surface area contributed by atoms with Gasteiger partial charge >= 0.3 is 6.18 Å². The standard InChI is InChI=1S/C11H9F3N2O/c12-11(13,14)8-3-1-7(2-4-8)9-5-15-10(6-17)16-9/h1-5,17H,6H2,(H,15,16). The molecule has 0 amide bonds. The predicted molar refractivity (Wildman–Crippen MR) is 54.9 cm³/mol. The first-order valence-electron chi connectivity index (χ1n) is 4.83. The SMILES string of the molecule is OCc1ncc(-c2ccc(C(F)(F)F)cc2)[nH]1. The van der Waals surface area contributed by atoms with E-state index in [4.69, 9.17) is 5.11 Å². The van der Waals surface area contributed by atoms with E-state index in [0.29, 0.717) is 17.1 Å². The summed E-state index contributed by atoms with van der Waals surface area (Å²) in [5.41, 5.74) is 0.469. The van der Waals surface area contributed by atoms with Crippen molar-refractivity contribution in [2.75, 3.05) is 0 Å². The number of imidazole rings is 1. The molecule has 1 aromatic heterocycles. The second-order valence-corrected chi connectivity index (χ2v) is 3.48. The van der Waals surface area contributed by atoms with Crippen LogP contribution in [0.3, 0.4) is 0 Å². The molecule has 0 saturated carbocycles. The van der Waals surface area contributed by atoms with Crippen LogP contribution >= 0.6 is 0 Å². The molecule has 0 saturated heterocycles. The number of nitrogens with zero attached hydrogens (tertiary/aromatic N) is 1. The third-order valence-electron chi connectivity index (χ3n) is 2.30. The Kier molecular flexibility index (Phi) is 2.89. The average Bonchev–Trinajstić information content (AvgIpc) is 2.76. The summed E-state index contributed by atoms with van der Waals surface area (Å²) in [6, 6.07) is 4.73. The van der Waals surface area contributed by atoms with Gasteiger partial charge in [0.2, 0.25) is 0 Å². The topological polar surface area (TPSA) is 48.9 Å². The van der Waals surface area contributed by atoms with Crippen molar-refractivity contribution < 1.29 is 18.3 Å². The molecule has 17 heavy (non-hydrogen) atoms. The smallest absolute Gasteiger partial charge is 0.388 e. The van der Waals surface area contributed by atoms with Gasteiger partial charge in [-0.1, -0.05) is 12.1 Å². The van der Waals surface area contributed by atoms with Crippen molar-refractivity contribution in [2.24, 2.45) is 0 Å². The highest BCUT2D eigenvalue weighted by molar-refractivity contribution is 5.58. The Morgan fingerprint density at radius 3 is 2.29 bits per heavy atom. The lowest BCUT2D eigenvalue weighted by atomic mass is 10.1. The third kappa shape index (κ3) is 2.47. The van der Waals surface area contributed by atoms with Gasteiger partial charge in [0.15, 0.2) is 0 Å². The van der Waals surface area contributed by atoms with Gasteiger partial charge in [0.05, 0.1) is 17.5 Å². The Hall–Kier alpha value is -1.82. The van der Waals surface area contributed by atoms with Gasteiger partial charge in [0.25, 0.3) is 0 Å². The predicted octanol–water partition coefficient (Wildman–Crippen LogP) is 2.59. The first-order chi connectivity index (χ1) is 8.00. The number of H-pyrrole nitrogens is 1. The van der Waals surface area contributed by atoms with E-state index < -0.39 is 11.7 Å². The van der Waals surface area contributed by atoms with Gasteiger partial charge in [-0.25, -0.2) is 4.98 Å². The van der Waals surface area contributed by atoms with Crippen LogP contribution in [0.1, 0.15) is 11.4 Å². The zero-order valence-corrected chi connectivity index (χ0v) is 8.62. The van der Waals surface area contributed by atoms with Gasteiger partial charge in [-0.3, -0.25) is 0 Å². The zero-order chi connectivity index (χ0) is 12.5. The van der Waals surface area contributed by atoms with Crippen LogP contribution in [0.2, 0.25) is 0 Å². The number of hydrogen-bond donors (Lipinski definition) is 2. The number of aromatic amines is 1. The number of alkyl halides is 3. The van der Waals surface area contributed by atoms with Gasteiger partial charge in [-0.2, -0.15) is 13.2 Å². The molecule has 2 rings (SSSR count). The van der Waals surface area contributed by atoms with Crippen molar-refractivity contribution in [3.05, 3.63) is 41.9 Å². The maximum atomic E-state index is 12.3. The highest BCUT2D eigenvalue weighted by Crippen LogP contribution is 2.30. The van der Waals surface area contributed by atoms with E-state index in [1.807, 2.05) is 0 Å². The normalized spacial score (nSPS) is 11.8. The number of halogens is 3. The molecule has 0 aliphatic carbocycles. The van der Waals surface area contributed by atoms with Crippen LogP contribution in [0.25, 0.3) is 11.3 Å². The lowest BCUT2D eigenvalue weighted by molar-refractivity contribution is -0.137. The monoisotopic (exact) mass is 242 g/mol. The molecule has 2 aromatic rings. The van der Waals surface area contributed by atoms with Crippen LogP contribution in [0.4, 0.5) is 13.2 Å². The number of aliphatic hydroxyl groups excluding tert-OH is 1. The fourth-order valence-electron chi connectivity index (χ4n) is 1.43. The van der Waals surface area contributed by atoms with Crippen LogP contribution in [-0.2, 0) is 12.8 Å². The lowest BCUT2D eigenvalue weighted by Crippen LogP contribution is -2.03. The molecule has 0 bridgehead atoms. The van der Waals surface area contributed by atoms with Crippen molar-refractivity contribution in [1.29, 1.82) is 0 Å². The summed E-state index contributed by atoms with van der Waals surface area (Å²) in [6.45, 7) is -0.235. The third-order valence-corrected chi connectivity index (χ3v) is 2.30. The van der Waals surface area contributed by atoms with E-state index in [9.17, 15) is 13.2 Å². The molecule has 0 aliphatic heterocycles. The fourth-order valence-corrected chi connectivity index (χ4v) is 1.43. The van der Waals surface area contributed by atoms with Crippen molar-refractivity contribution in [2.45, 2.75) is 12.8 Å². The van der Waals surface area contributed by atoms with E-state index >= 15 is 0 Å². The van der Waals surface area contributed by atoms with E-state index in [-0.39, 0.29) is 6.61 Å². The minimum Gasteiger partial charge on any atom is -0.388 e. The number of hydrogen-bond acceptors (Lipinski definition) is 2. The summed E-state index contributed by atoms with van der Waals surface area (Å²) in [6.07, 6.45) is -2.86. The molecule has 3 nitrogen and oxygen atoms in total. The molecule has 0 spiro atoms. The maximum Gasteiger partial charge on any atom is 0.416 e. The molecule has 0 fully saturated rings. The first-order valence-corrected chi connectivity index (χ1v) is 4.83. The fraction of sp³-hybridized carbons (Fsp3) is 0.182. The Morgan fingerprint density at radius 2 is 1.82 bits per heavy atom. The van der Waals surface area contributed by atoms with Crippen molar-refractivity contribution in [1.82, 2.24) is 9.97 Å². The van der Waals surface area contributed by atoms with Crippen molar-refractivity contribution >= 4 is 0 Å². The maximum absolute atomic E-state index is 12.3. The Balaban J connectivity index is 2.29. The Morgan fingerprint density at radius 1 is 1.18 bits per heavy atom. The summed E-state index contributed by atoms with van der Waals surface area (Å²) < 4.78 is 37.0. The molecule has 2 N–H and O–H groups in total. The minimum absolute atomic E-state index is 0.235.